The summed E-state index contributed by atoms with van der Waals surface area (Å²) in [7, 11) is 0. The van der Waals surface area contributed by atoms with Gasteiger partial charge in [-0.25, -0.2) is 9.78 Å². The van der Waals surface area contributed by atoms with E-state index >= 15 is 0 Å². The molecule has 0 radical (unpaired) electrons. The summed E-state index contributed by atoms with van der Waals surface area (Å²) in [6.45, 7) is 13.2. The lowest BCUT2D eigenvalue weighted by Crippen LogP contribution is -2.60. The van der Waals surface area contributed by atoms with Crippen LogP contribution in [0, 0.1) is 6.92 Å². The molecule has 6 nitrogen and oxygen atoms in total. The van der Waals surface area contributed by atoms with Crippen LogP contribution in [0.25, 0.3) is 11.0 Å². The summed E-state index contributed by atoms with van der Waals surface area (Å²) in [6, 6.07) is 2.26. The Labute approximate surface area is 146 Å². The van der Waals surface area contributed by atoms with E-state index in [0.29, 0.717) is 0 Å². The summed E-state index contributed by atoms with van der Waals surface area (Å²) in [5.74, 6) is 0. The molecule has 2 N–H and O–H groups in total. The Kier molecular flexibility index (Phi) is 5.36. The van der Waals surface area contributed by atoms with Gasteiger partial charge in [-0.3, -0.25) is 0 Å². The van der Waals surface area contributed by atoms with Gasteiger partial charge in [0.05, 0.1) is 17.9 Å². The summed E-state index contributed by atoms with van der Waals surface area (Å²) >= 11 is 0. The minimum absolute atomic E-state index is 0. The van der Waals surface area contributed by atoms with E-state index in [1.54, 1.807) is 0 Å². The number of anilines is 1. The van der Waals surface area contributed by atoms with Gasteiger partial charge in [-0.1, -0.05) is 13.8 Å². The number of aromatic nitrogens is 2. The van der Waals surface area contributed by atoms with Gasteiger partial charge in [-0.2, -0.15) is 0 Å². The van der Waals surface area contributed by atoms with Crippen LogP contribution < -0.4 is 10.2 Å². The summed E-state index contributed by atoms with van der Waals surface area (Å²) in [5, 5.41) is 4.03. The van der Waals surface area contributed by atoms with E-state index in [9.17, 15) is 4.79 Å². The molecule has 1 saturated heterocycles. The number of aromatic amines is 1. The normalized spacial score (nSPS) is 14.7. The molecule has 136 valence electrons. The Hall–Kier alpha value is -2.24. The number of H-pyrrole nitrogens is 1. The number of ether oxygens (including phenoxy) is 1. The molecule has 24 heavy (non-hydrogen) atoms. The SMILES string of the molecule is CC.Cc1c[nH]c2ncc(N3CC(NC(=O)OC(C)(C)C)C3)cc12.[HH].[HH]. The van der Waals surface area contributed by atoms with Gasteiger partial charge in [0.25, 0.3) is 0 Å². The van der Waals surface area contributed by atoms with Crippen molar-refractivity contribution >= 4 is 22.8 Å². The topological polar surface area (TPSA) is 70.2 Å². The van der Waals surface area contributed by atoms with Gasteiger partial charge < -0.3 is 19.9 Å². The number of nitrogens with one attached hydrogen (secondary N) is 2. The van der Waals surface area contributed by atoms with Crippen molar-refractivity contribution in [3.05, 3.63) is 24.0 Å². The van der Waals surface area contributed by atoms with Gasteiger partial charge in [0.15, 0.2) is 0 Å². The number of fused-ring (bicyclic) bond motifs is 1. The van der Waals surface area contributed by atoms with E-state index in [4.69, 9.17) is 4.74 Å². The number of alkyl carbamates (subject to hydrolysis) is 1. The quantitative estimate of drug-likeness (QED) is 0.866. The summed E-state index contributed by atoms with van der Waals surface area (Å²) in [5.41, 5.74) is 2.71. The Balaban J connectivity index is 0.00000151. The molecule has 0 unspecified atom stereocenters. The number of aryl methyl sites for hydroxylation is 1. The van der Waals surface area contributed by atoms with Crippen molar-refractivity contribution in [3.63, 3.8) is 0 Å². The molecule has 3 heterocycles. The number of nitrogens with zero attached hydrogens (tertiary/aromatic N) is 2. The van der Waals surface area contributed by atoms with Crippen LogP contribution >= 0.6 is 0 Å². The number of carbonyl (C=O) groups is 1. The van der Waals surface area contributed by atoms with E-state index in [-0.39, 0.29) is 15.0 Å². The first kappa shape index (κ1) is 18.1. The zero-order valence-electron chi connectivity index (χ0n) is 15.4. The fourth-order valence-electron chi connectivity index (χ4n) is 2.55. The number of amides is 1. The Morgan fingerprint density at radius 3 is 2.71 bits per heavy atom. The van der Waals surface area contributed by atoms with Crippen molar-refractivity contribution in [3.8, 4) is 0 Å². The van der Waals surface area contributed by atoms with Crippen molar-refractivity contribution in [2.24, 2.45) is 0 Å². The number of carbonyl (C=O) groups excluding carboxylic acids is 1. The van der Waals surface area contributed by atoms with Gasteiger partial charge in [0.1, 0.15) is 11.2 Å². The molecule has 0 aliphatic carbocycles. The molecular weight excluding hydrogens is 304 g/mol. The predicted octanol–water partition coefficient (Wildman–Crippen LogP) is 4.10. The number of pyridine rings is 1. The molecule has 2 aromatic heterocycles. The second-order valence-corrected chi connectivity index (χ2v) is 6.81. The highest BCUT2D eigenvalue weighted by atomic mass is 16.6. The minimum atomic E-state index is -0.464. The van der Waals surface area contributed by atoms with Gasteiger partial charge in [0, 0.05) is 27.5 Å². The molecule has 1 amide bonds. The van der Waals surface area contributed by atoms with Crippen LogP contribution in [0.1, 0.15) is 43.0 Å². The molecule has 1 fully saturated rings. The summed E-state index contributed by atoms with van der Waals surface area (Å²) < 4.78 is 5.26. The number of hydrogen-bond donors (Lipinski definition) is 2. The third-order valence-corrected chi connectivity index (χ3v) is 3.69. The maximum atomic E-state index is 11.7. The van der Waals surface area contributed by atoms with Crippen molar-refractivity contribution in [1.29, 1.82) is 0 Å². The van der Waals surface area contributed by atoms with Crippen LogP contribution in [0.2, 0.25) is 0 Å². The van der Waals surface area contributed by atoms with Crippen molar-refractivity contribution < 1.29 is 12.4 Å². The highest BCUT2D eigenvalue weighted by Crippen LogP contribution is 2.25. The van der Waals surface area contributed by atoms with E-state index < -0.39 is 5.60 Å². The number of rotatable bonds is 2. The Bertz CT molecular complexity index is 707. The molecule has 2 aromatic rings. The average molecular weight is 336 g/mol. The summed E-state index contributed by atoms with van der Waals surface area (Å²) in [6.07, 6.45) is 3.47. The molecule has 6 heteroatoms. The fourth-order valence-corrected chi connectivity index (χ4v) is 2.55. The zero-order chi connectivity index (χ0) is 17.9. The smallest absolute Gasteiger partial charge is 0.407 e. The molecule has 3 rings (SSSR count). The molecule has 0 bridgehead atoms. The highest BCUT2D eigenvalue weighted by Gasteiger charge is 2.30. The zero-order valence-corrected chi connectivity index (χ0v) is 15.4. The molecule has 0 saturated carbocycles. The number of hydrogen-bond acceptors (Lipinski definition) is 4. The first-order chi connectivity index (χ1) is 11.3. The highest BCUT2D eigenvalue weighted by molar-refractivity contribution is 5.83. The lowest BCUT2D eigenvalue weighted by atomic mass is 10.1. The maximum Gasteiger partial charge on any atom is 0.407 e. The molecule has 0 aromatic carbocycles. The summed E-state index contributed by atoms with van der Waals surface area (Å²) in [4.78, 5) is 21.5. The third-order valence-electron chi connectivity index (χ3n) is 3.69. The van der Waals surface area contributed by atoms with Crippen molar-refractivity contribution in [1.82, 2.24) is 15.3 Å². The van der Waals surface area contributed by atoms with E-state index in [1.807, 2.05) is 47.0 Å². The Morgan fingerprint density at radius 2 is 2.08 bits per heavy atom. The van der Waals surface area contributed by atoms with Gasteiger partial charge >= 0.3 is 6.09 Å². The standard InChI is InChI=1S/C16H22N4O2.C2H6.2H2/c1-10-6-17-14-13(10)5-12(7-18-14)20-8-11(9-20)19-15(21)22-16(2,3)4;1-2;;/h5-7,11H,8-9H2,1-4H3,(H,17,18)(H,19,21);1-2H3;2*1H. The molecule has 0 atom stereocenters. The lowest BCUT2D eigenvalue weighted by Gasteiger charge is -2.41. The predicted molar refractivity (Wildman–Crippen MR) is 102 cm³/mol. The first-order valence-corrected chi connectivity index (χ1v) is 8.50. The van der Waals surface area contributed by atoms with Crippen molar-refractivity contribution in [2.45, 2.75) is 53.2 Å². The monoisotopic (exact) mass is 336 g/mol. The van der Waals surface area contributed by atoms with Crippen LogP contribution in [-0.2, 0) is 4.74 Å². The van der Waals surface area contributed by atoms with Crippen LogP contribution in [0.3, 0.4) is 0 Å². The maximum absolute atomic E-state index is 11.7. The van der Waals surface area contributed by atoms with Gasteiger partial charge in [0.2, 0.25) is 0 Å². The molecular formula is C18H32N4O2. The van der Waals surface area contributed by atoms with Gasteiger partial charge in [-0.05, 0) is 39.3 Å². The van der Waals surface area contributed by atoms with Gasteiger partial charge in [-0.15, -0.1) is 0 Å². The van der Waals surface area contributed by atoms with Crippen LogP contribution in [-0.4, -0.2) is 40.8 Å². The fraction of sp³-hybridized carbons (Fsp3) is 0.556. The van der Waals surface area contributed by atoms with Crippen molar-refractivity contribution in [2.75, 3.05) is 18.0 Å². The van der Waals surface area contributed by atoms with E-state index in [0.717, 1.165) is 29.8 Å². The minimum Gasteiger partial charge on any atom is -0.444 e. The second-order valence-electron chi connectivity index (χ2n) is 6.81. The average Bonchev–Trinajstić information content (AvgIpc) is 2.84. The largest absolute Gasteiger partial charge is 0.444 e. The molecule has 1 aliphatic heterocycles. The first-order valence-electron chi connectivity index (χ1n) is 8.50. The van der Waals surface area contributed by atoms with Crippen LogP contribution in [0.4, 0.5) is 10.5 Å². The van der Waals surface area contributed by atoms with Crippen LogP contribution in [0.15, 0.2) is 18.5 Å². The van der Waals surface area contributed by atoms with E-state index in [1.165, 1.54) is 5.56 Å². The lowest BCUT2D eigenvalue weighted by molar-refractivity contribution is 0.0496. The molecule has 0 spiro atoms. The molecule has 1 aliphatic rings. The van der Waals surface area contributed by atoms with E-state index in [2.05, 4.69) is 33.2 Å². The third kappa shape index (κ3) is 4.19. The Morgan fingerprint density at radius 1 is 1.42 bits per heavy atom. The van der Waals surface area contributed by atoms with Crippen LogP contribution in [0.5, 0.6) is 0 Å². The second kappa shape index (κ2) is 7.11.